The molecule has 0 spiro atoms. The van der Waals surface area contributed by atoms with Crippen LogP contribution in [-0.2, 0) is 4.79 Å². The Hall–Kier alpha value is -2.73. The van der Waals surface area contributed by atoms with E-state index in [0.29, 0.717) is 29.5 Å². The molecule has 1 heterocycles. The minimum Gasteiger partial charge on any atom is -0.482 e. The molecule has 124 valence electrons. The Morgan fingerprint density at radius 1 is 1.21 bits per heavy atom. The Morgan fingerprint density at radius 2 is 1.96 bits per heavy atom. The van der Waals surface area contributed by atoms with Crippen molar-refractivity contribution in [3.05, 3.63) is 53.6 Å². The molecule has 24 heavy (non-hydrogen) atoms. The number of ether oxygens (including phenoxy) is 1. The maximum Gasteiger partial charge on any atom is 0.321 e. The summed E-state index contributed by atoms with van der Waals surface area (Å²) in [7, 11) is 0. The molecule has 6 nitrogen and oxygen atoms in total. The number of benzene rings is 2. The lowest BCUT2D eigenvalue weighted by Gasteiger charge is -2.14. The van der Waals surface area contributed by atoms with Crippen molar-refractivity contribution in [2.75, 3.05) is 29.9 Å². The lowest BCUT2D eigenvalue weighted by Crippen LogP contribution is -2.27. The van der Waals surface area contributed by atoms with Crippen molar-refractivity contribution >= 4 is 34.9 Å². The van der Waals surface area contributed by atoms with Gasteiger partial charge in [0.1, 0.15) is 5.75 Å². The summed E-state index contributed by atoms with van der Waals surface area (Å²) < 4.78 is 5.38. The summed E-state index contributed by atoms with van der Waals surface area (Å²) in [4.78, 5) is 25.2. The van der Waals surface area contributed by atoms with Crippen LogP contribution < -0.4 is 20.3 Å². The van der Waals surface area contributed by atoms with Gasteiger partial charge in [0.15, 0.2) is 6.61 Å². The van der Waals surface area contributed by atoms with Crippen LogP contribution in [0.15, 0.2) is 48.5 Å². The third kappa shape index (κ3) is 3.78. The number of nitrogens with zero attached hydrogens (tertiary/aromatic N) is 1. The second-order valence-electron chi connectivity index (χ2n) is 5.20. The first-order chi connectivity index (χ1) is 11.6. The van der Waals surface area contributed by atoms with E-state index in [1.807, 2.05) is 0 Å². The normalized spacial score (nSPS) is 13.5. The Kier molecular flexibility index (Phi) is 4.86. The molecule has 2 N–H and O–H groups in total. The first kappa shape index (κ1) is 16.1. The van der Waals surface area contributed by atoms with Crippen LogP contribution in [0.2, 0.25) is 5.02 Å². The van der Waals surface area contributed by atoms with E-state index < -0.39 is 0 Å². The van der Waals surface area contributed by atoms with Crippen LogP contribution in [0.5, 0.6) is 5.75 Å². The Balaban J connectivity index is 1.55. The highest BCUT2D eigenvalue weighted by atomic mass is 35.5. The lowest BCUT2D eigenvalue weighted by atomic mass is 10.2. The summed E-state index contributed by atoms with van der Waals surface area (Å²) >= 11 is 5.97. The minimum absolute atomic E-state index is 0.111. The fraction of sp³-hybridized carbons (Fsp3) is 0.176. The number of amides is 3. The summed E-state index contributed by atoms with van der Waals surface area (Å²) in [6, 6.07) is 13.9. The van der Waals surface area contributed by atoms with E-state index >= 15 is 0 Å². The number of hydrogen-bond donors (Lipinski definition) is 2. The smallest absolute Gasteiger partial charge is 0.321 e. The third-order valence-electron chi connectivity index (χ3n) is 3.51. The van der Waals surface area contributed by atoms with Gasteiger partial charge in [-0.25, -0.2) is 4.79 Å². The maximum atomic E-state index is 11.9. The van der Waals surface area contributed by atoms with Gasteiger partial charge in [-0.2, -0.15) is 0 Å². The van der Waals surface area contributed by atoms with Gasteiger partial charge in [-0.1, -0.05) is 23.7 Å². The average molecular weight is 346 g/mol. The molecular formula is C17H16ClN3O3. The van der Waals surface area contributed by atoms with Crippen molar-refractivity contribution in [1.29, 1.82) is 0 Å². The van der Waals surface area contributed by atoms with Gasteiger partial charge in [0.25, 0.3) is 5.91 Å². The van der Waals surface area contributed by atoms with Crippen LogP contribution in [0.25, 0.3) is 0 Å². The van der Waals surface area contributed by atoms with E-state index in [9.17, 15) is 9.59 Å². The highest BCUT2D eigenvalue weighted by Gasteiger charge is 2.20. The maximum absolute atomic E-state index is 11.9. The second kappa shape index (κ2) is 7.23. The number of nitrogens with one attached hydrogen (secondary N) is 2. The molecule has 0 saturated carbocycles. The van der Waals surface area contributed by atoms with Crippen molar-refractivity contribution < 1.29 is 14.3 Å². The molecule has 1 fully saturated rings. The van der Waals surface area contributed by atoms with Gasteiger partial charge in [-0.05, 0) is 36.4 Å². The molecule has 0 atom stereocenters. The van der Waals surface area contributed by atoms with Crippen molar-refractivity contribution in [3.63, 3.8) is 0 Å². The van der Waals surface area contributed by atoms with E-state index in [2.05, 4.69) is 10.6 Å². The number of carbonyl (C=O) groups is 2. The lowest BCUT2D eigenvalue weighted by molar-refractivity contribution is -0.118. The topological polar surface area (TPSA) is 70.7 Å². The van der Waals surface area contributed by atoms with Gasteiger partial charge in [0, 0.05) is 24.5 Å². The van der Waals surface area contributed by atoms with Gasteiger partial charge in [0.2, 0.25) is 0 Å². The molecule has 1 aliphatic heterocycles. The van der Waals surface area contributed by atoms with Crippen LogP contribution in [0.3, 0.4) is 0 Å². The van der Waals surface area contributed by atoms with E-state index in [4.69, 9.17) is 16.3 Å². The SMILES string of the molecule is O=C(COc1ccccc1Cl)Nc1ccc(N2CCNC2=O)cc1. The zero-order chi connectivity index (χ0) is 16.9. The quantitative estimate of drug-likeness (QED) is 0.875. The van der Waals surface area contributed by atoms with Gasteiger partial charge < -0.3 is 15.4 Å². The largest absolute Gasteiger partial charge is 0.482 e. The van der Waals surface area contributed by atoms with Crippen molar-refractivity contribution in [3.8, 4) is 5.75 Å². The number of halogens is 1. The number of hydrogen-bond acceptors (Lipinski definition) is 3. The molecule has 1 saturated heterocycles. The molecule has 0 aromatic heterocycles. The van der Waals surface area contributed by atoms with E-state index in [-0.39, 0.29) is 18.5 Å². The molecule has 0 radical (unpaired) electrons. The molecule has 0 aliphatic carbocycles. The number of carbonyl (C=O) groups excluding carboxylic acids is 2. The highest BCUT2D eigenvalue weighted by Crippen LogP contribution is 2.23. The molecule has 0 unspecified atom stereocenters. The van der Waals surface area contributed by atoms with Crippen molar-refractivity contribution in [1.82, 2.24) is 5.32 Å². The number of anilines is 2. The Labute approximate surface area is 144 Å². The third-order valence-corrected chi connectivity index (χ3v) is 3.83. The predicted octanol–water partition coefficient (Wildman–Crippen LogP) is 2.89. The second-order valence-corrected chi connectivity index (χ2v) is 5.60. The van der Waals surface area contributed by atoms with Crippen molar-refractivity contribution in [2.45, 2.75) is 0 Å². The van der Waals surface area contributed by atoms with E-state index in [1.54, 1.807) is 53.4 Å². The van der Waals surface area contributed by atoms with Gasteiger partial charge >= 0.3 is 6.03 Å². The summed E-state index contributed by atoms with van der Waals surface area (Å²) in [5.41, 5.74) is 1.42. The molecule has 0 bridgehead atoms. The molecular weight excluding hydrogens is 330 g/mol. The standard InChI is InChI=1S/C17H16ClN3O3/c18-14-3-1-2-4-15(14)24-11-16(22)20-12-5-7-13(8-6-12)21-10-9-19-17(21)23/h1-8H,9-11H2,(H,19,23)(H,20,22). The monoisotopic (exact) mass is 345 g/mol. The summed E-state index contributed by atoms with van der Waals surface area (Å²) in [6.07, 6.45) is 0. The molecule has 2 aromatic carbocycles. The predicted molar refractivity (Wildman–Crippen MR) is 92.8 cm³/mol. The molecule has 2 aromatic rings. The summed E-state index contributed by atoms with van der Waals surface area (Å²) in [5.74, 6) is 0.172. The minimum atomic E-state index is -0.290. The average Bonchev–Trinajstić information content (AvgIpc) is 3.01. The van der Waals surface area contributed by atoms with Gasteiger partial charge in [-0.3, -0.25) is 9.69 Å². The fourth-order valence-corrected chi connectivity index (χ4v) is 2.54. The van der Waals surface area contributed by atoms with E-state index in [0.717, 1.165) is 5.69 Å². The van der Waals surface area contributed by atoms with E-state index in [1.165, 1.54) is 0 Å². The number of urea groups is 1. The summed E-state index contributed by atoms with van der Waals surface area (Å²) in [5, 5.41) is 5.93. The van der Waals surface area contributed by atoms with Crippen molar-refractivity contribution in [2.24, 2.45) is 0 Å². The first-order valence-electron chi connectivity index (χ1n) is 7.46. The highest BCUT2D eigenvalue weighted by molar-refractivity contribution is 6.32. The Bertz CT molecular complexity index is 749. The zero-order valence-corrected chi connectivity index (χ0v) is 13.5. The van der Waals surface area contributed by atoms with Crippen LogP contribution in [-0.4, -0.2) is 31.6 Å². The molecule has 3 amide bonds. The van der Waals surface area contributed by atoms with Crippen LogP contribution in [0.1, 0.15) is 0 Å². The molecule has 7 heteroatoms. The number of rotatable bonds is 5. The molecule has 1 aliphatic rings. The zero-order valence-electron chi connectivity index (χ0n) is 12.8. The Morgan fingerprint density at radius 3 is 2.62 bits per heavy atom. The van der Waals surface area contributed by atoms with Gasteiger partial charge in [-0.15, -0.1) is 0 Å². The van der Waals surface area contributed by atoms with Crippen LogP contribution >= 0.6 is 11.6 Å². The van der Waals surface area contributed by atoms with Crippen LogP contribution in [0.4, 0.5) is 16.2 Å². The summed E-state index contributed by atoms with van der Waals surface area (Å²) in [6.45, 7) is 1.13. The fourth-order valence-electron chi connectivity index (χ4n) is 2.34. The van der Waals surface area contributed by atoms with Gasteiger partial charge in [0.05, 0.1) is 5.02 Å². The number of para-hydroxylation sites is 1. The first-order valence-corrected chi connectivity index (χ1v) is 7.84. The van der Waals surface area contributed by atoms with Crippen LogP contribution in [0, 0.1) is 0 Å². The molecule has 3 rings (SSSR count).